The lowest BCUT2D eigenvalue weighted by molar-refractivity contribution is -0.171. The molecule has 0 aliphatic heterocycles. The molecule has 1 unspecified atom stereocenters. The van der Waals surface area contributed by atoms with Gasteiger partial charge in [0.1, 0.15) is 5.33 Å². The second-order valence-corrected chi connectivity index (χ2v) is 3.95. The van der Waals surface area contributed by atoms with Crippen molar-refractivity contribution in [2.45, 2.75) is 32.8 Å². The van der Waals surface area contributed by atoms with Crippen molar-refractivity contribution in [2.24, 2.45) is 0 Å². The molecule has 0 amide bonds. The van der Waals surface area contributed by atoms with Crippen molar-refractivity contribution < 1.29 is 23.9 Å². The third-order valence-corrected chi connectivity index (χ3v) is 2.19. The fourth-order valence-electron chi connectivity index (χ4n) is 0.922. The summed E-state index contributed by atoms with van der Waals surface area (Å²) in [5.74, 6) is -2.25. The van der Waals surface area contributed by atoms with E-state index in [1.54, 1.807) is 0 Å². The molecule has 0 aromatic carbocycles. The molecule has 0 heterocycles. The third kappa shape index (κ3) is 6.21. The van der Waals surface area contributed by atoms with Crippen LogP contribution in [0.25, 0.3) is 0 Å². The van der Waals surface area contributed by atoms with Crippen molar-refractivity contribution in [3.05, 3.63) is 12.2 Å². The van der Waals surface area contributed by atoms with Crippen LogP contribution in [0.3, 0.4) is 0 Å². The lowest BCUT2D eigenvalue weighted by Gasteiger charge is -2.15. The van der Waals surface area contributed by atoms with Gasteiger partial charge >= 0.3 is 17.9 Å². The van der Waals surface area contributed by atoms with Gasteiger partial charge in [-0.1, -0.05) is 35.9 Å². The molecule has 96 valence electrons. The lowest BCUT2D eigenvalue weighted by Crippen LogP contribution is -2.31. The van der Waals surface area contributed by atoms with Crippen LogP contribution in [-0.2, 0) is 23.9 Å². The van der Waals surface area contributed by atoms with Gasteiger partial charge in [-0.25, -0.2) is 9.59 Å². The average Bonchev–Trinajstić information content (AvgIpc) is 2.27. The molecular formula is C11H15BrO5. The number of hydrogen-bond acceptors (Lipinski definition) is 5. The van der Waals surface area contributed by atoms with Gasteiger partial charge in [0.25, 0.3) is 0 Å². The van der Waals surface area contributed by atoms with Gasteiger partial charge in [0.2, 0.25) is 0 Å². The molecule has 0 aliphatic carbocycles. The van der Waals surface area contributed by atoms with Crippen molar-refractivity contribution >= 4 is 33.8 Å². The molecule has 17 heavy (non-hydrogen) atoms. The summed E-state index contributed by atoms with van der Waals surface area (Å²) in [6.07, 6.45) is -0.147. The smallest absolute Gasteiger partial charge is 0.355 e. The summed E-state index contributed by atoms with van der Waals surface area (Å²) in [5.41, 5.74) is 0.186. The molecule has 1 atom stereocenters. The fourth-order valence-corrected chi connectivity index (χ4v) is 1.04. The summed E-state index contributed by atoms with van der Waals surface area (Å²) in [6.45, 7) is 6.70. The highest BCUT2D eigenvalue weighted by atomic mass is 79.9. The van der Waals surface area contributed by atoms with Gasteiger partial charge in [0, 0.05) is 5.57 Å². The first-order chi connectivity index (χ1) is 7.92. The Bertz CT molecular complexity index is 324. The summed E-state index contributed by atoms with van der Waals surface area (Å²) in [4.78, 5) is 33.7. The average molecular weight is 307 g/mol. The summed E-state index contributed by atoms with van der Waals surface area (Å²) in [6, 6.07) is 0. The highest BCUT2D eigenvalue weighted by molar-refractivity contribution is 9.09. The van der Waals surface area contributed by atoms with Crippen molar-refractivity contribution in [1.82, 2.24) is 0 Å². The zero-order valence-electron chi connectivity index (χ0n) is 9.82. The second kappa shape index (κ2) is 8.00. The number of rotatable bonds is 6. The number of carbonyl (C=O) groups excluding carboxylic acids is 3. The Morgan fingerprint density at radius 3 is 2.35 bits per heavy atom. The quantitative estimate of drug-likeness (QED) is 0.323. The van der Waals surface area contributed by atoms with Crippen LogP contribution < -0.4 is 0 Å². The van der Waals surface area contributed by atoms with Crippen LogP contribution in [0, 0.1) is 0 Å². The van der Waals surface area contributed by atoms with Gasteiger partial charge in [0.15, 0.2) is 6.10 Å². The maximum atomic E-state index is 11.5. The standard InChI is InChI=1S/C11H15BrO5/c1-4-5-8(16-10(14)7(2)3)11(15)17-9(13)6-12/h8H,2,4-6H2,1,3H3. The minimum Gasteiger partial charge on any atom is -0.447 e. The van der Waals surface area contributed by atoms with Crippen LogP contribution in [0.4, 0.5) is 0 Å². The first-order valence-electron chi connectivity index (χ1n) is 5.09. The third-order valence-electron chi connectivity index (χ3n) is 1.74. The predicted molar refractivity (Wildman–Crippen MR) is 64.5 cm³/mol. The normalized spacial score (nSPS) is 11.5. The molecule has 0 aromatic heterocycles. The van der Waals surface area contributed by atoms with Crippen LogP contribution in [0.15, 0.2) is 12.2 Å². The Labute approximate surface area is 108 Å². The minimum absolute atomic E-state index is 0.0913. The largest absolute Gasteiger partial charge is 0.447 e. The number of carbonyl (C=O) groups is 3. The van der Waals surface area contributed by atoms with E-state index in [0.717, 1.165) is 0 Å². The maximum absolute atomic E-state index is 11.5. The predicted octanol–water partition coefficient (Wildman–Crippen LogP) is 1.74. The van der Waals surface area contributed by atoms with Gasteiger partial charge in [0.05, 0.1) is 0 Å². The molecule has 5 nitrogen and oxygen atoms in total. The van der Waals surface area contributed by atoms with Crippen LogP contribution >= 0.6 is 15.9 Å². The molecule has 0 saturated carbocycles. The van der Waals surface area contributed by atoms with Crippen molar-refractivity contribution in [3.63, 3.8) is 0 Å². The van der Waals surface area contributed by atoms with Gasteiger partial charge in [-0.05, 0) is 13.3 Å². The Balaban J connectivity index is 4.50. The van der Waals surface area contributed by atoms with Crippen LogP contribution in [0.5, 0.6) is 0 Å². The molecule has 0 aliphatic rings. The van der Waals surface area contributed by atoms with E-state index in [1.165, 1.54) is 6.92 Å². The molecule has 6 heteroatoms. The monoisotopic (exact) mass is 306 g/mol. The van der Waals surface area contributed by atoms with E-state index >= 15 is 0 Å². The van der Waals surface area contributed by atoms with Crippen LogP contribution in [-0.4, -0.2) is 29.3 Å². The highest BCUT2D eigenvalue weighted by Gasteiger charge is 2.25. The number of halogens is 1. The Morgan fingerprint density at radius 1 is 1.35 bits per heavy atom. The fraction of sp³-hybridized carbons (Fsp3) is 0.545. The highest BCUT2D eigenvalue weighted by Crippen LogP contribution is 2.08. The van der Waals surface area contributed by atoms with Crippen molar-refractivity contribution in [1.29, 1.82) is 0 Å². The first-order valence-corrected chi connectivity index (χ1v) is 6.21. The van der Waals surface area contributed by atoms with Gasteiger partial charge < -0.3 is 9.47 Å². The van der Waals surface area contributed by atoms with Crippen molar-refractivity contribution in [2.75, 3.05) is 5.33 Å². The first kappa shape index (κ1) is 15.8. The van der Waals surface area contributed by atoms with Gasteiger partial charge in [-0.2, -0.15) is 0 Å². The zero-order valence-corrected chi connectivity index (χ0v) is 11.4. The van der Waals surface area contributed by atoms with Crippen LogP contribution in [0.1, 0.15) is 26.7 Å². The SMILES string of the molecule is C=C(C)C(=O)OC(CCC)C(=O)OC(=O)CBr. The molecule has 0 radical (unpaired) electrons. The van der Waals surface area contributed by atoms with Gasteiger partial charge in [-0.15, -0.1) is 0 Å². The molecule has 0 fully saturated rings. The van der Waals surface area contributed by atoms with Crippen LogP contribution in [0.2, 0.25) is 0 Å². The Morgan fingerprint density at radius 2 is 1.94 bits per heavy atom. The molecular weight excluding hydrogens is 292 g/mol. The summed E-state index contributed by atoms with van der Waals surface area (Å²) < 4.78 is 9.34. The van der Waals surface area contributed by atoms with E-state index in [-0.39, 0.29) is 10.9 Å². The van der Waals surface area contributed by atoms with Crippen molar-refractivity contribution in [3.8, 4) is 0 Å². The number of esters is 3. The molecule has 0 aromatic rings. The Kier molecular flexibility index (Phi) is 7.45. The molecule has 0 N–H and O–H groups in total. The van der Waals surface area contributed by atoms with Gasteiger partial charge in [-0.3, -0.25) is 4.79 Å². The number of hydrogen-bond donors (Lipinski definition) is 0. The maximum Gasteiger partial charge on any atom is 0.355 e. The summed E-state index contributed by atoms with van der Waals surface area (Å²) >= 11 is 2.86. The lowest BCUT2D eigenvalue weighted by atomic mass is 10.2. The van der Waals surface area contributed by atoms with E-state index in [0.29, 0.717) is 12.8 Å². The molecule has 0 saturated heterocycles. The Hall–Kier alpha value is -1.17. The second-order valence-electron chi connectivity index (χ2n) is 3.39. The van der Waals surface area contributed by atoms with E-state index in [4.69, 9.17) is 4.74 Å². The van der Waals surface area contributed by atoms with E-state index in [2.05, 4.69) is 27.2 Å². The zero-order chi connectivity index (χ0) is 13.4. The minimum atomic E-state index is -1.06. The number of alkyl halides is 1. The number of ether oxygens (including phenoxy) is 2. The molecule has 0 rings (SSSR count). The van der Waals surface area contributed by atoms with E-state index < -0.39 is 24.0 Å². The molecule has 0 spiro atoms. The summed E-state index contributed by atoms with van der Waals surface area (Å²) in [5, 5.41) is -0.0913. The summed E-state index contributed by atoms with van der Waals surface area (Å²) in [7, 11) is 0. The topological polar surface area (TPSA) is 69.7 Å². The molecule has 0 bridgehead atoms. The van der Waals surface area contributed by atoms with E-state index in [9.17, 15) is 14.4 Å². The van der Waals surface area contributed by atoms with E-state index in [1.807, 2.05) is 6.92 Å².